The molecule has 1 aliphatic heterocycles. The first-order valence-corrected chi connectivity index (χ1v) is 12.8. The van der Waals surface area contributed by atoms with Crippen LogP contribution in [-0.4, -0.2) is 44.2 Å². The molecule has 0 radical (unpaired) electrons. The molecular weight excluding hydrogens is 457 g/mol. The standard InChI is InChI=1S/C21H25F3N6O2S/c1-33(25,32)15-8-14(5-7-27-15)28-19(31)18-16(21(22,23)24)17(12-2-3-12)29-30(18)9-13-4-6-20(13)10-26-11-20/h5,7-8,12-13,25-26H,2-4,6,9-11H2,1H3,(H,27,28,31)/t13?,33-/m1/s1. The summed E-state index contributed by atoms with van der Waals surface area (Å²) >= 11 is 0. The molecule has 2 saturated carbocycles. The molecule has 2 atom stereocenters. The summed E-state index contributed by atoms with van der Waals surface area (Å²) in [5.74, 6) is -1.04. The number of alkyl halides is 3. The van der Waals surface area contributed by atoms with Crippen LogP contribution in [0.4, 0.5) is 18.9 Å². The van der Waals surface area contributed by atoms with Gasteiger partial charge in [0.1, 0.15) is 16.3 Å². The van der Waals surface area contributed by atoms with Crippen LogP contribution >= 0.6 is 0 Å². The highest BCUT2D eigenvalue weighted by Gasteiger charge is 2.52. The maximum absolute atomic E-state index is 14.2. The van der Waals surface area contributed by atoms with Crippen molar-refractivity contribution >= 4 is 21.3 Å². The molecule has 0 bridgehead atoms. The van der Waals surface area contributed by atoms with Gasteiger partial charge >= 0.3 is 6.18 Å². The van der Waals surface area contributed by atoms with Gasteiger partial charge in [-0.15, -0.1) is 0 Å². The number of rotatable bonds is 6. The molecule has 12 heteroatoms. The van der Waals surface area contributed by atoms with E-state index in [0.717, 1.165) is 25.9 Å². The van der Waals surface area contributed by atoms with Crippen LogP contribution in [0.15, 0.2) is 23.4 Å². The molecule has 33 heavy (non-hydrogen) atoms. The fourth-order valence-corrected chi connectivity index (χ4v) is 5.43. The lowest BCUT2D eigenvalue weighted by atomic mass is 9.56. The van der Waals surface area contributed by atoms with E-state index in [0.29, 0.717) is 12.8 Å². The summed E-state index contributed by atoms with van der Waals surface area (Å²) < 4.78 is 63.5. The van der Waals surface area contributed by atoms with Crippen LogP contribution in [0, 0.1) is 16.1 Å². The maximum atomic E-state index is 14.2. The highest BCUT2D eigenvalue weighted by molar-refractivity contribution is 7.91. The van der Waals surface area contributed by atoms with Crippen LogP contribution in [0.25, 0.3) is 0 Å². The SMILES string of the molecule is C[S@@](=N)(=O)c1cc(NC(=O)c2c(C(F)(F)F)c(C3CC3)nn2CC2CCC23CNC3)ccn1. The van der Waals surface area contributed by atoms with Crippen LogP contribution in [0.1, 0.15) is 53.3 Å². The summed E-state index contributed by atoms with van der Waals surface area (Å²) in [4.78, 5) is 17.1. The Balaban J connectivity index is 1.52. The van der Waals surface area contributed by atoms with Crippen molar-refractivity contribution in [2.24, 2.45) is 11.3 Å². The van der Waals surface area contributed by atoms with E-state index >= 15 is 0 Å². The van der Waals surface area contributed by atoms with Crippen LogP contribution in [0.5, 0.6) is 0 Å². The molecule has 2 aromatic rings. The number of hydrogen-bond acceptors (Lipinski definition) is 6. The molecule has 3 N–H and O–H groups in total. The quantitative estimate of drug-likeness (QED) is 0.584. The largest absolute Gasteiger partial charge is 0.420 e. The number of nitrogens with zero attached hydrogens (tertiary/aromatic N) is 3. The van der Waals surface area contributed by atoms with E-state index in [2.05, 4.69) is 20.7 Å². The summed E-state index contributed by atoms with van der Waals surface area (Å²) in [5, 5.41) is 10.0. The summed E-state index contributed by atoms with van der Waals surface area (Å²) in [6.07, 6.45) is 0.899. The number of carbonyl (C=O) groups is 1. The number of pyridine rings is 1. The molecular formula is C21H25F3N6O2S. The van der Waals surface area contributed by atoms with Gasteiger partial charge < -0.3 is 10.6 Å². The molecule has 1 amide bonds. The van der Waals surface area contributed by atoms with Crippen LogP contribution < -0.4 is 10.6 Å². The maximum Gasteiger partial charge on any atom is 0.420 e. The summed E-state index contributed by atoms with van der Waals surface area (Å²) in [6, 6.07) is 2.65. The van der Waals surface area contributed by atoms with Crippen molar-refractivity contribution in [1.29, 1.82) is 4.78 Å². The zero-order chi connectivity index (χ0) is 23.6. The average Bonchev–Trinajstić information content (AvgIpc) is 3.43. The number of amides is 1. The molecule has 5 rings (SSSR count). The molecule has 178 valence electrons. The Bertz CT molecular complexity index is 1210. The molecule has 1 spiro atoms. The van der Waals surface area contributed by atoms with Crippen molar-refractivity contribution in [2.75, 3.05) is 24.7 Å². The number of aromatic nitrogens is 3. The number of anilines is 1. The summed E-state index contributed by atoms with van der Waals surface area (Å²) in [7, 11) is -3.15. The second kappa shape index (κ2) is 7.52. The predicted molar refractivity (Wildman–Crippen MR) is 114 cm³/mol. The lowest BCUT2D eigenvalue weighted by Crippen LogP contribution is -2.63. The van der Waals surface area contributed by atoms with Gasteiger partial charge in [-0.25, -0.2) is 14.0 Å². The molecule has 8 nitrogen and oxygen atoms in total. The van der Waals surface area contributed by atoms with Crippen molar-refractivity contribution in [2.45, 2.75) is 49.3 Å². The van der Waals surface area contributed by atoms with Gasteiger partial charge in [0.05, 0.1) is 15.4 Å². The number of hydrogen-bond donors (Lipinski definition) is 3. The van der Waals surface area contributed by atoms with E-state index in [-0.39, 0.29) is 40.2 Å². The van der Waals surface area contributed by atoms with E-state index in [9.17, 15) is 22.2 Å². The Morgan fingerprint density at radius 3 is 2.61 bits per heavy atom. The summed E-state index contributed by atoms with van der Waals surface area (Å²) in [5.41, 5.74) is -1.28. The Kier molecular flexibility index (Phi) is 5.09. The lowest BCUT2D eigenvalue weighted by Gasteiger charge is -2.56. The third kappa shape index (κ3) is 4.03. The minimum Gasteiger partial charge on any atom is -0.320 e. The van der Waals surface area contributed by atoms with E-state index in [1.165, 1.54) is 29.3 Å². The second-order valence-corrected chi connectivity index (χ2v) is 11.6. The first-order valence-electron chi connectivity index (χ1n) is 10.9. The zero-order valence-electron chi connectivity index (χ0n) is 18.0. The fourth-order valence-electron chi connectivity index (χ4n) is 4.82. The van der Waals surface area contributed by atoms with Gasteiger partial charge in [0, 0.05) is 43.7 Å². The third-order valence-electron chi connectivity index (χ3n) is 7.04. The Morgan fingerprint density at radius 2 is 2.09 bits per heavy atom. The molecule has 1 saturated heterocycles. The molecule has 0 aromatic carbocycles. The number of halogens is 3. The smallest absolute Gasteiger partial charge is 0.320 e. The third-order valence-corrected chi connectivity index (χ3v) is 8.06. The van der Waals surface area contributed by atoms with Crippen LogP contribution in [0.2, 0.25) is 0 Å². The fraction of sp³-hybridized carbons (Fsp3) is 0.571. The van der Waals surface area contributed by atoms with E-state index in [1.54, 1.807) is 0 Å². The first kappa shape index (κ1) is 22.3. The van der Waals surface area contributed by atoms with Crippen molar-refractivity contribution in [3.05, 3.63) is 35.3 Å². The van der Waals surface area contributed by atoms with Crippen molar-refractivity contribution < 1.29 is 22.2 Å². The Hall–Kier alpha value is -2.47. The molecule has 2 aliphatic carbocycles. The average molecular weight is 483 g/mol. The summed E-state index contributed by atoms with van der Waals surface area (Å²) in [6.45, 7) is 1.94. The van der Waals surface area contributed by atoms with E-state index < -0.39 is 33.1 Å². The predicted octanol–water partition coefficient (Wildman–Crippen LogP) is 3.46. The normalized spacial score (nSPS) is 23.5. The van der Waals surface area contributed by atoms with Gasteiger partial charge in [-0.1, -0.05) is 0 Å². The molecule has 3 fully saturated rings. The molecule has 3 aliphatic rings. The van der Waals surface area contributed by atoms with Crippen LogP contribution in [-0.2, 0) is 22.5 Å². The molecule has 2 aromatic heterocycles. The van der Waals surface area contributed by atoms with E-state index in [1.807, 2.05) is 0 Å². The van der Waals surface area contributed by atoms with Gasteiger partial charge in [0.15, 0.2) is 0 Å². The minimum atomic E-state index is -4.72. The minimum absolute atomic E-state index is 0.0501. The van der Waals surface area contributed by atoms with Gasteiger partial charge in [-0.2, -0.15) is 18.3 Å². The van der Waals surface area contributed by atoms with E-state index in [4.69, 9.17) is 4.78 Å². The Morgan fingerprint density at radius 1 is 1.36 bits per heavy atom. The monoisotopic (exact) mass is 482 g/mol. The first-order chi connectivity index (χ1) is 15.5. The second-order valence-electron chi connectivity index (χ2n) is 9.45. The number of carbonyl (C=O) groups excluding carboxylic acids is 1. The van der Waals surface area contributed by atoms with Crippen molar-refractivity contribution in [3.63, 3.8) is 0 Å². The van der Waals surface area contributed by atoms with Crippen LogP contribution in [0.3, 0.4) is 0 Å². The zero-order valence-corrected chi connectivity index (χ0v) is 18.9. The van der Waals surface area contributed by atoms with Crippen molar-refractivity contribution in [3.8, 4) is 0 Å². The van der Waals surface area contributed by atoms with Gasteiger partial charge in [0.2, 0.25) is 0 Å². The highest BCUT2D eigenvalue weighted by Crippen LogP contribution is 2.51. The Labute approximate surface area is 189 Å². The van der Waals surface area contributed by atoms with Gasteiger partial charge in [-0.05, 0) is 49.1 Å². The molecule has 3 heterocycles. The van der Waals surface area contributed by atoms with Gasteiger partial charge in [-0.3, -0.25) is 9.48 Å². The molecule has 1 unspecified atom stereocenters. The van der Waals surface area contributed by atoms with Crippen molar-refractivity contribution in [1.82, 2.24) is 20.1 Å². The lowest BCUT2D eigenvalue weighted by molar-refractivity contribution is -0.138. The van der Waals surface area contributed by atoms with Gasteiger partial charge in [0.25, 0.3) is 5.91 Å². The topological polar surface area (TPSA) is 113 Å². The number of nitrogens with one attached hydrogen (secondary N) is 3. The highest BCUT2D eigenvalue weighted by atomic mass is 32.2.